The molecule has 2 N–H and O–H groups in total. The normalized spacial score (nSPS) is 16.4. The van der Waals surface area contributed by atoms with Crippen molar-refractivity contribution in [1.29, 1.82) is 0 Å². The molecule has 2 rings (SSSR count). The fourth-order valence-electron chi connectivity index (χ4n) is 2.30. The van der Waals surface area contributed by atoms with Crippen LogP contribution >= 0.6 is 34.8 Å². The van der Waals surface area contributed by atoms with Crippen molar-refractivity contribution < 1.29 is 9.90 Å². The maximum absolute atomic E-state index is 12.2. The Labute approximate surface area is 126 Å². The Hall–Kier alpha value is -0.640. The van der Waals surface area contributed by atoms with Crippen LogP contribution in [-0.4, -0.2) is 17.1 Å². The molecular weight excluding hydrogens is 309 g/mol. The molecule has 0 radical (unpaired) electrons. The van der Waals surface area contributed by atoms with Crippen LogP contribution in [0.4, 0.5) is 0 Å². The van der Waals surface area contributed by atoms with Gasteiger partial charge in [-0.1, -0.05) is 54.1 Å². The lowest BCUT2D eigenvalue weighted by Gasteiger charge is -2.23. The zero-order chi connectivity index (χ0) is 14.0. The molecule has 1 aromatic carbocycles. The lowest BCUT2D eigenvalue weighted by atomic mass is 9.95. The monoisotopic (exact) mass is 321 g/mol. The molecule has 3 nitrogen and oxygen atoms in total. The van der Waals surface area contributed by atoms with Crippen molar-refractivity contribution in [3.05, 3.63) is 26.7 Å². The summed E-state index contributed by atoms with van der Waals surface area (Å²) < 4.78 is 0. The minimum Gasteiger partial charge on any atom is -0.505 e. The van der Waals surface area contributed by atoms with E-state index in [2.05, 4.69) is 5.32 Å². The number of benzene rings is 1. The van der Waals surface area contributed by atoms with Gasteiger partial charge in [0.1, 0.15) is 11.3 Å². The second-order valence-corrected chi connectivity index (χ2v) is 5.88. The lowest BCUT2D eigenvalue weighted by molar-refractivity contribution is 0.0925. The van der Waals surface area contributed by atoms with Gasteiger partial charge >= 0.3 is 0 Å². The van der Waals surface area contributed by atoms with Crippen LogP contribution in [0.15, 0.2) is 6.07 Å². The Bertz CT molecular complexity index is 473. The number of amides is 1. The van der Waals surface area contributed by atoms with E-state index in [0.29, 0.717) is 0 Å². The summed E-state index contributed by atoms with van der Waals surface area (Å²) in [6.07, 6.45) is 5.28. The van der Waals surface area contributed by atoms with Gasteiger partial charge in [-0.25, -0.2) is 0 Å². The highest BCUT2D eigenvalue weighted by molar-refractivity contribution is 6.45. The average Bonchev–Trinajstić information content (AvgIpc) is 2.38. The smallest absolute Gasteiger partial charge is 0.256 e. The molecule has 0 saturated heterocycles. The second kappa shape index (κ2) is 6.21. The van der Waals surface area contributed by atoms with Crippen molar-refractivity contribution >= 4 is 40.7 Å². The van der Waals surface area contributed by atoms with Gasteiger partial charge in [-0.3, -0.25) is 4.79 Å². The van der Waals surface area contributed by atoms with Gasteiger partial charge in [-0.15, -0.1) is 0 Å². The first-order chi connectivity index (χ1) is 9.00. The maximum atomic E-state index is 12.2. The number of rotatable bonds is 2. The molecule has 1 aromatic rings. The molecule has 0 aliphatic heterocycles. The van der Waals surface area contributed by atoms with Gasteiger partial charge in [0.15, 0.2) is 0 Å². The number of phenolic OH excluding ortho intramolecular Hbond substituents is 1. The van der Waals surface area contributed by atoms with Crippen LogP contribution in [0, 0.1) is 0 Å². The van der Waals surface area contributed by atoms with Crippen molar-refractivity contribution in [1.82, 2.24) is 5.32 Å². The van der Waals surface area contributed by atoms with Gasteiger partial charge in [-0.2, -0.15) is 0 Å². The van der Waals surface area contributed by atoms with Crippen LogP contribution < -0.4 is 5.32 Å². The van der Waals surface area contributed by atoms with E-state index in [4.69, 9.17) is 34.8 Å². The Kier molecular flexibility index (Phi) is 4.82. The Morgan fingerprint density at radius 3 is 2.42 bits per heavy atom. The first-order valence-electron chi connectivity index (χ1n) is 6.18. The lowest BCUT2D eigenvalue weighted by Crippen LogP contribution is -2.36. The third-order valence-corrected chi connectivity index (χ3v) is 4.39. The van der Waals surface area contributed by atoms with Gasteiger partial charge in [0.2, 0.25) is 0 Å². The van der Waals surface area contributed by atoms with Crippen molar-refractivity contribution in [2.24, 2.45) is 0 Å². The predicted molar refractivity (Wildman–Crippen MR) is 77.5 cm³/mol. The number of halogens is 3. The minimum absolute atomic E-state index is 0.0168. The summed E-state index contributed by atoms with van der Waals surface area (Å²) in [7, 11) is 0. The molecule has 0 aromatic heterocycles. The van der Waals surface area contributed by atoms with Crippen molar-refractivity contribution in [2.45, 2.75) is 38.1 Å². The van der Waals surface area contributed by atoms with Crippen LogP contribution in [0.5, 0.6) is 5.75 Å². The van der Waals surface area contributed by atoms with Gasteiger partial charge in [0.25, 0.3) is 5.91 Å². The highest BCUT2D eigenvalue weighted by Crippen LogP contribution is 2.38. The number of nitrogens with one attached hydrogen (secondary N) is 1. The van der Waals surface area contributed by atoms with E-state index in [1.165, 1.54) is 12.5 Å². The maximum Gasteiger partial charge on any atom is 0.256 e. The third-order valence-electron chi connectivity index (χ3n) is 3.31. The fraction of sp³-hybridized carbons (Fsp3) is 0.462. The van der Waals surface area contributed by atoms with E-state index in [1.807, 2.05) is 0 Å². The van der Waals surface area contributed by atoms with Crippen molar-refractivity contribution in [3.8, 4) is 5.75 Å². The van der Waals surface area contributed by atoms with E-state index in [9.17, 15) is 9.90 Å². The summed E-state index contributed by atoms with van der Waals surface area (Å²) in [5, 5.41) is 12.9. The molecule has 0 atom stereocenters. The van der Waals surface area contributed by atoms with Crippen molar-refractivity contribution in [3.63, 3.8) is 0 Å². The number of aromatic hydroxyl groups is 1. The highest BCUT2D eigenvalue weighted by atomic mass is 35.5. The van der Waals surface area contributed by atoms with Gasteiger partial charge in [0, 0.05) is 6.04 Å². The number of hydrogen-bond donors (Lipinski definition) is 2. The molecule has 6 heteroatoms. The first kappa shape index (κ1) is 14.8. The van der Waals surface area contributed by atoms with Gasteiger partial charge in [0.05, 0.1) is 15.1 Å². The zero-order valence-corrected chi connectivity index (χ0v) is 12.4. The second-order valence-electron chi connectivity index (χ2n) is 4.69. The van der Waals surface area contributed by atoms with E-state index in [0.717, 1.165) is 25.7 Å². The van der Waals surface area contributed by atoms with Crippen LogP contribution in [0.25, 0.3) is 0 Å². The van der Waals surface area contributed by atoms with E-state index < -0.39 is 5.91 Å². The SMILES string of the molecule is O=C(NC1CCCCC1)c1c(O)c(Cl)cc(Cl)c1Cl. The molecule has 19 heavy (non-hydrogen) atoms. The molecule has 1 aliphatic carbocycles. The van der Waals surface area contributed by atoms with E-state index in [1.54, 1.807) is 0 Å². The quantitative estimate of drug-likeness (QED) is 0.792. The van der Waals surface area contributed by atoms with Crippen LogP contribution in [-0.2, 0) is 0 Å². The molecule has 1 fully saturated rings. The van der Waals surface area contributed by atoms with Crippen LogP contribution in [0.2, 0.25) is 15.1 Å². The highest BCUT2D eigenvalue weighted by Gasteiger charge is 2.24. The molecule has 1 aliphatic rings. The summed E-state index contributed by atoms with van der Waals surface area (Å²) in [6.45, 7) is 0. The summed E-state index contributed by atoms with van der Waals surface area (Å²) >= 11 is 17.6. The standard InChI is InChI=1S/C13H14Cl3NO2/c14-8-6-9(15)12(18)10(11(8)16)13(19)17-7-4-2-1-3-5-7/h6-7,18H,1-5H2,(H,17,19). The summed E-state index contributed by atoms with van der Waals surface area (Å²) in [5.41, 5.74) is -0.0512. The third kappa shape index (κ3) is 3.28. The summed E-state index contributed by atoms with van der Waals surface area (Å²) in [4.78, 5) is 12.2. The van der Waals surface area contributed by atoms with Crippen LogP contribution in [0.1, 0.15) is 42.5 Å². The molecule has 0 unspecified atom stereocenters. The Morgan fingerprint density at radius 2 is 1.79 bits per heavy atom. The molecule has 104 valence electrons. The molecule has 1 saturated carbocycles. The van der Waals surface area contributed by atoms with Gasteiger partial charge in [-0.05, 0) is 18.9 Å². The molecule has 0 heterocycles. The average molecular weight is 323 g/mol. The molecule has 1 amide bonds. The topological polar surface area (TPSA) is 49.3 Å². The van der Waals surface area contributed by atoms with Gasteiger partial charge < -0.3 is 10.4 Å². The summed E-state index contributed by atoms with van der Waals surface area (Å²) in [6, 6.07) is 1.44. The largest absolute Gasteiger partial charge is 0.505 e. The fourth-order valence-corrected chi connectivity index (χ4v) is 2.99. The summed E-state index contributed by atoms with van der Waals surface area (Å²) in [5.74, 6) is -0.761. The zero-order valence-electron chi connectivity index (χ0n) is 10.2. The van der Waals surface area contributed by atoms with Crippen LogP contribution in [0.3, 0.4) is 0 Å². The molecule has 0 spiro atoms. The number of hydrogen-bond acceptors (Lipinski definition) is 2. The van der Waals surface area contributed by atoms with E-state index >= 15 is 0 Å². The predicted octanol–water partition coefficient (Wildman–Crippen LogP) is 4.41. The number of carbonyl (C=O) groups is 1. The Morgan fingerprint density at radius 1 is 1.16 bits per heavy atom. The number of phenols is 1. The van der Waals surface area contributed by atoms with Crippen molar-refractivity contribution in [2.75, 3.05) is 0 Å². The first-order valence-corrected chi connectivity index (χ1v) is 7.31. The number of carbonyl (C=O) groups excluding carboxylic acids is 1. The van der Waals surface area contributed by atoms with E-state index in [-0.39, 0.29) is 32.4 Å². The Balaban J connectivity index is 2.23. The molecular formula is C13H14Cl3NO2. The molecule has 0 bridgehead atoms. The minimum atomic E-state index is -0.432.